The molecule has 1 aromatic carbocycles. The Morgan fingerprint density at radius 1 is 1.56 bits per heavy atom. The van der Waals surface area contributed by atoms with E-state index < -0.39 is 4.92 Å². The minimum Gasteiger partial charge on any atom is -0.369 e. The van der Waals surface area contributed by atoms with Gasteiger partial charge in [-0.25, -0.2) is 0 Å². The van der Waals surface area contributed by atoms with Crippen molar-refractivity contribution in [2.45, 2.75) is 0 Å². The Labute approximate surface area is 96.7 Å². The highest BCUT2D eigenvalue weighted by atomic mass is 35.5. The lowest BCUT2D eigenvalue weighted by molar-refractivity contribution is -0.383. The molecule has 7 heteroatoms. The minimum absolute atomic E-state index is 0.0684. The fourth-order valence-corrected chi connectivity index (χ4v) is 1.33. The summed E-state index contributed by atoms with van der Waals surface area (Å²) in [7, 11) is 1.48. The lowest BCUT2D eigenvalue weighted by atomic mass is 10.2. The monoisotopic (exact) mass is 243 g/mol. The van der Waals surface area contributed by atoms with E-state index in [9.17, 15) is 14.9 Å². The summed E-state index contributed by atoms with van der Waals surface area (Å²) in [5, 5.41) is 15.9. The maximum Gasteiger partial charge on any atom is 0.293 e. The van der Waals surface area contributed by atoms with Gasteiger partial charge in [-0.05, 0) is 6.07 Å². The highest BCUT2D eigenvalue weighted by Gasteiger charge is 2.16. The van der Waals surface area contributed by atoms with Crippen LogP contribution in [0, 0.1) is 10.1 Å². The molecule has 6 nitrogen and oxygen atoms in total. The first kappa shape index (κ1) is 12.3. The molecule has 2 N–H and O–H groups in total. The van der Waals surface area contributed by atoms with Crippen molar-refractivity contribution in [2.24, 2.45) is 0 Å². The average molecular weight is 244 g/mol. The van der Waals surface area contributed by atoms with E-state index in [0.29, 0.717) is 0 Å². The third kappa shape index (κ3) is 2.83. The highest BCUT2D eigenvalue weighted by Crippen LogP contribution is 2.31. The lowest BCUT2D eigenvalue weighted by Crippen LogP contribution is -2.26. The van der Waals surface area contributed by atoms with Gasteiger partial charge in [0.25, 0.3) is 5.69 Å². The van der Waals surface area contributed by atoms with Crippen LogP contribution in [0.25, 0.3) is 0 Å². The van der Waals surface area contributed by atoms with Crippen molar-refractivity contribution in [1.29, 1.82) is 0 Å². The van der Waals surface area contributed by atoms with Crippen LogP contribution in [-0.4, -0.2) is 24.4 Å². The number of nitrogens with one attached hydrogen (secondary N) is 2. The maximum absolute atomic E-state index is 11.0. The molecule has 0 fully saturated rings. The van der Waals surface area contributed by atoms with Crippen LogP contribution in [0.2, 0.25) is 5.02 Å². The molecule has 0 aliphatic carbocycles. The van der Waals surface area contributed by atoms with Gasteiger partial charge in [0.1, 0.15) is 5.69 Å². The van der Waals surface area contributed by atoms with Gasteiger partial charge in [-0.1, -0.05) is 17.7 Å². The number of carbonyl (C=O) groups excluding carboxylic acids is 1. The molecule has 0 heterocycles. The summed E-state index contributed by atoms with van der Waals surface area (Å²) in [6, 6.07) is 4.31. The van der Waals surface area contributed by atoms with Crippen LogP contribution in [-0.2, 0) is 4.79 Å². The summed E-state index contributed by atoms with van der Waals surface area (Å²) in [6.07, 6.45) is 0. The number of benzene rings is 1. The van der Waals surface area contributed by atoms with Crippen LogP contribution < -0.4 is 10.6 Å². The molecule has 1 aromatic rings. The fraction of sp³-hybridized carbons (Fsp3) is 0.222. The molecule has 1 amide bonds. The number of rotatable bonds is 4. The number of amides is 1. The van der Waals surface area contributed by atoms with Gasteiger partial charge in [-0.15, -0.1) is 0 Å². The zero-order valence-electron chi connectivity index (χ0n) is 8.49. The number of likely N-dealkylation sites (N-methyl/N-ethyl adjacent to an activating group) is 1. The van der Waals surface area contributed by atoms with Crippen molar-refractivity contribution in [1.82, 2.24) is 5.32 Å². The van der Waals surface area contributed by atoms with Crippen molar-refractivity contribution in [2.75, 3.05) is 18.9 Å². The van der Waals surface area contributed by atoms with Crippen LogP contribution in [0.3, 0.4) is 0 Å². The first-order valence-corrected chi connectivity index (χ1v) is 4.81. The second-order valence-electron chi connectivity index (χ2n) is 2.92. The molecule has 0 atom stereocenters. The Hall–Kier alpha value is -1.82. The van der Waals surface area contributed by atoms with Crippen LogP contribution in [0.1, 0.15) is 0 Å². The number of nitro groups is 1. The molecule has 0 radical (unpaired) electrons. The summed E-state index contributed by atoms with van der Waals surface area (Å²) < 4.78 is 0. The summed E-state index contributed by atoms with van der Waals surface area (Å²) >= 11 is 5.80. The topological polar surface area (TPSA) is 84.3 Å². The Balaban J connectivity index is 2.93. The molecule has 0 unspecified atom stereocenters. The van der Waals surface area contributed by atoms with Crippen LogP contribution >= 0.6 is 11.6 Å². The largest absolute Gasteiger partial charge is 0.369 e. The molecule has 0 aliphatic heterocycles. The van der Waals surface area contributed by atoms with E-state index >= 15 is 0 Å². The summed E-state index contributed by atoms with van der Waals surface area (Å²) in [6.45, 7) is -0.0684. The smallest absolute Gasteiger partial charge is 0.293 e. The van der Waals surface area contributed by atoms with E-state index in [1.165, 1.54) is 25.2 Å². The molecule has 0 bridgehead atoms. The number of nitro benzene ring substituents is 1. The predicted octanol–water partition coefficient (Wildman–Crippen LogP) is 1.41. The quantitative estimate of drug-likeness (QED) is 0.619. The van der Waals surface area contributed by atoms with E-state index in [0.717, 1.165) is 0 Å². The van der Waals surface area contributed by atoms with Crippen LogP contribution in [0.4, 0.5) is 11.4 Å². The number of hydrogen-bond acceptors (Lipinski definition) is 4. The van der Waals surface area contributed by atoms with E-state index in [4.69, 9.17) is 11.6 Å². The number of halogens is 1. The summed E-state index contributed by atoms with van der Waals surface area (Å²) in [4.78, 5) is 21.1. The predicted molar refractivity (Wildman–Crippen MR) is 60.7 cm³/mol. The highest BCUT2D eigenvalue weighted by molar-refractivity contribution is 6.33. The van der Waals surface area contributed by atoms with Crippen molar-refractivity contribution in [3.8, 4) is 0 Å². The van der Waals surface area contributed by atoms with Gasteiger partial charge >= 0.3 is 0 Å². The Bertz CT molecular complexity index is 422. The first-order valence-electron chi connectivity index (χ1n) is 4.43. The minimum atomic E-state index is -0.557. The molecule has 0 saturated carbocycles. The van der Waals surface area contributed by atoms with Gasteiger partial charge in [-0.2, -0.15) is 0 Å². The molecule has 0 saturated heterocycles. The van der Waals surface area contributed by atoms with Crippen molar-refractivity contribution < 1.29 is 9.72 Å². The van der Waals surface area contributed by atoms with E-state index in [2.05, 4.69) is 10.6 Å². The number of anilines is 1. The van der Waals surface area contributed by atoms with Gasteiger partial charge in [0.05, 0.1) is 16.5 Å². The number of nitrogens with zero attached hydrogens (tertiary/aromatic N) is 1. The number of carbonyl (C=O) groups is 1. The van der Waals surface area contributed by atoms with Crippen LogP contribution in [0.15, 0.2) is 18.2 Å². The standard InChI is InChI=1S/C9H10ClN3O3/c1-11-8(14)5-12-9-6(10)3-2-4-7(9)13(15)16/h2-4,12H,5H2,1H3,(H,11,14). The molecule has 16 heavy (non-hydrogen) atoms. The second-order valence-corrected chi connectivity index (χ2v) is 3.33. The third-order valence-corrected chi connectivity index (χ3v) is 2.21. The number of para-hydroxylation sites is 1. The second kappa shape index (κ2) is 5.32. The van der Waals surface area contributed by atoms with Crippen molar-refractivity contribution >= 4 is 28.9 Å². The SMILES string of the molecule is CNC(=O)CNc1c(Cl)cccc1[N+](=O)[O-]. The summed E-state index contributed by atoms with van der Waals surface area (Å²) in [5.41, 5.74) is -0.00540. The third-order valence-electron chi connectivity index (χ3n) is 1.89. The first-order chi connectivity index (χ1) is 7.56. The van der Waals surface area contributed by atoms with Gasteiger partial charge in [0, 0.05) is 13.1 Å². The van der Waals surface area contributed by atoms with Gasteiger partial charge in [0.15, 0.2) is 0 Å². The van der Waals surface area contributed by atoms with E-state index in [1.54, 1.807) is 0 Å². The maximum atomic E-state index is 11.0. The lowest BCUT2D eigenvalue weighted by Gasteiger charge is -2.07. The molecule has 86 valence electrons. The molecule has 1 rings (SSSR count). The molecular weight excluding hydrogens is 234 g/mol. The Morgan fingerprint density at radius 2 is 2.25 bits per heavy atom. The van der Waals surface area contributed by atoms with Gasteiger partial charge < -0.3 is 10.6 Å². The Kier molecular flexibility index (Phi) is 4.07. The Morgan fingerprint density at radius 3 is 2.81 bits per heavy atom. The molecular formula is C9H10ClN3O3. The zero-order valence-corrected chi connectivity index (χ0v) is 9.25. The molecule has 0 aliphatic rings. The fourth-order valence-electron chi connectivity index (χ4n) is 1.10. The summed E-state index contributed by atoms with van der Waals surface area (Å²) in [5.74, 6) is -0.283. The van der Waals surface area contributed by atoms with Crippen molar-refractivity contribution in [3.63, 3.8) is 0 Å². The number of hydrogen-bond donors (Lipinski definition) is 2. The molecule has 0 aromatic heterocycles. The van der Waals surface area contributed by atoms with Crippen LogP contribution in [0.5, 0.6) is 0 Å². The van der Waals surface area contributed by atoms with Gasteiger partial charge in [-0.3, -0.25) is 14.9 Å². The molecule has 0 spiro atoms. The zero-order chi connectivity index (χ0) is 12.1. The van der Waals surface area contributed by atoms with E-state index in [-0.39, 0.29) is 28.8 Å². The van der Waals surface area contributed by atoms with E-state index in [1.807, 2.05) is 0 Å². The average Bonchev–Trinajstić information content (AvgIpc) is 2.26. The normalized spacial score (nSPS) is 9.62. The van der Waals surface area contributed by atoms with Crippen molar-refractivity contribution in [3.05, 3.63) is 33.3 Å². The van der Waals surface area contributed by atoms with Gasteiger partial charge in [0.2, 0.25) is 5.91 Å².